The Kier molecular flexibility index (Phi) is 1.32. The fourth-order valence-electron chi connectivity index (χ4n) is 1.55. The molecule has 1 aromatic carbocycles. The Morgan fingerprint density at radius 3 is 3.00 bits per heavy atom. The van der Waals surface area contributed by atoms with Crippen molar-refractivity contribution in [2.75, 3.05) is 0 Å². The monoisotopic (exact) mass is 191 g/mol. The Balaban J connectivity index is 2.20. The SMILES string of the molecule is OC1(c2ccc3scnc3c2)CC1. The van der Waals surface area contributed by atoms with E-state index in [0.29, 0.717) is 0 Å². The Bertz CT molecular complexity index is 459. The average Bonchev–Trinajstić information content (AvgIpc) is 2.74. The summed E-state index contributed by atoms with van der Waals surface area (Å²) in [7, 11) is 0. The zero-order chi connectivity index (χ0) is 8.89. The number of aromatic nitrogens is 1. The third-order valence-corrected chi connectivity index (χ3v) is 3.40. The minimum absolute atomic E-state index is 0.530. The van der Waals surface area contributed by atoms with Crippen molar-refractivity contribution in [3.63, 3.8) is 0 Å². The van der Waals surface area contributed by atoms with Crippen LogP contribution in [-0.2, 0) is 5.60 Å². The molecule has 2 aromatic rings. The van der Waals surface area contributed by atoms with E-state index in [9.17, 15) is 5.11 Å². The minimum Gasteiger partial charge on any atom is -0.385 e. The number of rotatable bonds is 1. The molecule has 0 aliphatic heterocycles. The van der Waals surface area contributed by atoms with E-state index < -0.39 is 5.60 Å². The van der Waals surface area contributed by atoms with E-state index in [4.69, 9.17) is 0 Å². The van der Waals surface area contributed by atoms with Crippen LogP contribution in [0, 0.1) is 0 Å². The first kappa shape index (κ1) is 7.47. The Hall–Kier alpha value is -0.930. The number of benzene rings is 1. The number of hydrogen-bond acceptors (Lipinski definition) is 3. The maximum atomic E-state index is 9.87. The molecule has 0 bridgehead atoms. The Morgan fingerprint density at radius 1 is 1.38 bits per heavy atom. The van der Waals surface area contributed by atoms with Gasteiger partial charge in [-0.15, -0.1) is 11.3 Å². The van der Waals surface area contributed by atoms with E-state index in [0.717, 1.165) is 23.9 Å². The topological polar surface area (TPSA) is 33.1 Å². The van der Waals surface area contributed by atoms with Crippen LogP contribution in [0.3, 0.4) is 0 Å². The van der Waals surface area contributed by atoms with Crippen LogP contribution in [0.4, 0.5) is 0 Å². The van der Waals surface area contributed by atoms with Gasteiger partial charge < -0.3 is 5.11 Å². The summed E-state index contributed by atoms with van der Waals surface area (Å²) in [5, 5.41) is 9.87. The zero-order valence-electron chi connectivity index (χ0n) is 7.03. The van der Waals surface area contributed by atoms with Crippen LogP contribution in [0.1, 0.15) is 18.4 Å². The average molecular weight is 191 g/mol. The molecule has 1 N–H and O–H groups in total. The van der Waals surface area contributed by atoms with Crippen molar-refractivity contribution in [1.29, 1.82) is 0 Å². The van der Waals surface area contributed by atoms with E-state index in [1.165, 1.54) is 4.70 Å². The maximum Gasteiger partial charge on any atom is 0.0899 e. The van der Waals surface area contributed by atoms with Gasteiger partial charge >= 0.3 is 0 Å². The second-order valence-electron chi connectivity index (χ2n) is 3.57. The van der Waals surface area contributed by atoms with E-state index in [1.54, 1.807) is 11.3 Å². The van der Waals surface area contributed by atoms with Crippen LogP contribution in [0.15, 0.2) is 23.7 Å². The van der Waals surface area contributed by atoms with Crippen LogP contribution in [0.2, 0.25) is 0 Å². The van der Waals surface area contributed by atoms with Gasteiger partial charge in [-0.05, 0) is 30.5 Å². The lowest BCUT2D eigenvalue weighted by Gasteiger charge is -2.06. The molecule has 0 unspecified atom stereocenters. The molecule has 1 aliphatic carbocycles. The van der Waals surface area contributed by atoms with Gasteiger partial charge in [-0.1, -0.05) is 6.07 Å². The number of aliphatic hydroxyl groups is 1. The fraction of sp³-hybridized carbons (Fsp3) is 0.300. The fourth-order valence-corrected chi connectivity index (χ4v) is 2.21. The van der Waals surface area contributed by atoms with Crippen molar-refractivity contribution in [3.05, 3.63) is 29.3 Å². The Labute approximate surface area is 79.9 Å². The van der Waals surface area contributed by atoms with E-state index in [2.05, 4.69) is 4.98 Å². The molecule has 66 valence electrons. The van der Waals surface area contributed by atoms with E-state index >= 15 is 0 Å². The van der Waals surface area contributed by atoms with Crippen LogP contribution >= 0.6 is 11.3 Å². The highest BCUT2D eigenvalue weighted by atomic mass is 32.1. The molecule has 2 nitrogen and oxygen atoms in total. The van der Waals surface area contributed by atoms with Crippen LogP contribution in [-0.4, -0.2) is 10.1 Å². The van der Waals surface area contributed by atoms with Gasteiger partial charge in [0.1, 0.15) is 0 Å². The van der Waals surface area contributed by atoms with Gasteiger partial charge in [0.2, 0.25) is 0 Å². The molecule has 1 fully saturated rings. The number of nitrogens with zero attached hydrogens (tertiary/aromatic N) is 1. The minimum atomic E-state index is -0.530. The summed E-state index contributed by atoms with van der Waals surface area (Å²) in [5.74, 6) is 0. The molecule has 1 aliphatic rings. The molecule has 1 saturated carbocycles. The van der Waals surface area contributed by atoms with Crippen molar-refractivity contribution < 1.29 is 5.11 Å². The van der Waals surface area contributed by atoms with Crippen LogP contribution in [0.5, 0.6) is 0 Å². The van der Waals surface area contributed by atoms with Crippen molar-refractivity contribution in [2.24, 2.45) is 0 Å². The van der Waals surface area contributed by atoms with Gasteiger partial charge in [0.05, 0.1) is 21.3 Å². The summed E-state index contributed by atoms with van der Waals surface area (Å²) < 4.78 is 1.19. The van der Waals surface area contributed by atoms with Crippen LogP contribution < -0.4 is 0 Å². The van der Waals surface area contributed by atoms with Crippen molar-refractivity contribution in [2.45, 2.75) is 18.4 Å². The summed E-state index contributed by atoms with van der Waals surface area (Å²) in [5.41, 5.74) is 3.33. The molecular formula is C10H9NOS. The molecule has 0 atom stereocenters. The molecule has 0 amide bonds. The lowest BCUT2D eigenvalue weighted by molar-refractivity contribution is 0.151. The van der Waals surface area contributed by atoms with Crippen LogP contribution in [0.25, 0.3) is 10.2 Å². The van der Waals surface area contributed by atoms with E-state index in [-0.39, 0.29) is 0 Å². The van der Waals surface area contributed by atoms with Crippen molar-refractivity contribution in [3.8, 4) is 0 Å². The van der Waals surface area contributed by atoms with E-state index in [1.807, 2.05) is 23.7 Å². The zero-order valence-corrected chi connectivity index (χ0v) is 7.84. The summed E-state index contributed by atoms with van der Waals surface area (Å²) >= 11 is 1.63. The number of fused-ring (bicyclic) bond motifs is 1. The van der Waals surface area contributed by atoms with Crippen molar-refractivity contribution >= 4 is 21.6 Å². The molecule has 0 spiro atoms. The number of thiazole rings is 1. The highest BCUT2D eigenvalue weighted by Crippen LogP contribution is 2.45. The first-order valence-electron chi connectivity index (χ1n) is 4.34. The highest BCUT2D eigenvalue weighted by molar-refractivity contribution is 7.16. The predicted molar refractivity (Wildman–Crippen MR) is 52.8 cm³/mol. The van der Waals surface area contributed by atoms with Gasteiger partial charge in [0.25, 0.3) is 0 Å². The van der Waals surface area contributed by atoms with Gasteiger partial charge in [-0.3, -0.25) is 0 Å². The standard InChI is InChI=1S/C10H9NOS/c12-10(3-4-10)7-1-2-9-8(5-7)11-6-13-9/h1-2,5-6,12H,3-4H2. The van der Waals surface area contributed by atoms with Crippen molar-refractivity contribution in [1.82, 2.24) is 4.98 Å². The predicted octanol–water partition coefficient (Wildman–Crippen LogP) is 2.28. The lowest BCUT2D eigenvalue weighted by atomic mass is 10.1. The third kappa shape index (κ3) is 1.08. The smallest absolute Gasteiger partial charge is 0.0899 e. The normalized spacial score (nSPS) is 19.2. The largest absolute Gasteiger partial charge is 0.385 e. The molecule has 0 radical (unpaired) electrons. The molecule has 1 heterocycles. The molecule has 3 rings (SSSR count). The molecule has 3 heteroatoms. The lowest BCUT2D eigenvalue weighted by Crippen LogP contribution is -2.03. The van der Waals surface area contributed by atoms with Gasteiger partial charge in [0.15, 0.2) is 0 Å². The van der Waals surface area contributed by atoms with Gasteiger partial charge in [0, 0.05) is 0 Å². The van der Waals surface area contributed by atoms with Gasteiger partial charge in [-0.2, -0.15) is 0 Å². The summed E-state index contributed by atoms with van der Waals surface area (Å²) in [6, 6.07) is 6.05. The third-order valence-electron chi connectivity index (χ3n) is 2.59. The Morgan fingerprint density at radius 2 is 2.23 bits per heavy atom. The highest BCUT2D eigenvalue weighted by Gasteiger charge is 2.42. The first-order chi connectivity index (χ1) is 6.28. The molecule has 13 heavy (non-hydrogen) atoms. The molecule has 0 saturated heterocycles. The summed E-state index contributed by atoms with van der Waals surface area (Å²) in [6.45, 7) is 0. The number of hydrogen-bond donors (Lipinski definition) is 1. The summed E-state index contributed by atoms with van der Waals surface area (Å²) in [4.78, 5) is 4.23. The molecule has 1 aromatic heterocycles. The quantitative estimate of drug-likeness (QED) is 0.750. The summed E-state index contributed by atoms with van der Waals surface area (Å²) in [6.07, 6.45) is 1.78. The second-order valence-corrected chi connectivity index (χ2v) is 4.45. The second kappa shape index (κ2) is 2.30. The maximum absolute atomic E-state index is 9.87. The molecular weight excluding hydrogens is 182 g/mol. The first-order valence-corrected chi connectivity index (χ1v) is 5.22. The van der Waals surface area contributed by atoms with Gasteiger partial charge in [-0.25, -0.2) is 4.98 Å².